The van der Waals surface area contributed by atoms with Crippen LogP contribution in [0.25, 0.3) is 22.1 Å². The molecule has 0 saturated heterocycles. The van der Waals surface area contributed by atoms with E-state index in [2.05, 4.69) is 25.4 Å². The van der Waals surface area contributed by atoms with Crippen molar-refractivity contribution in [2.75, 3.05) is 13.7 Å². The molecular formula is C24H25N5O3S. The number of methoxy groups -OCH3 is 1. The monoisotopic (exact) mass is 463 g/mol. The van der Waals surface area contributed by atoms with Gasteiger partial charge in [0.1, 0.15) is 15.6 Å². The van der Waals surface area contributed by atoms with Gasteiger partial charge in [-0.2, -0.15) is 4.98 Å². The molecule has 3 heterocycles. The Hall–Kier alpha value is -3.59. The predicted molar refractivity (Wildman–Crippen MR) is 126 cm³/mol. The number of rotatable bonds is 10. The second-order valence-corrected chi connectivity index (χ2v) is 8.45. The van der Waals surface area contributed by atoms with Gasteiger partial charge in [-0.05, 0) is 56.2 Å². The van der Waals surface area contributed by atoms with Crippen molar-refractivity contribution < 1.29 is 14.1 Å². The van der Waals surface area contributed by atoms with Crippen molar-refractivity contribution in [1.29, 1.82) is 0 Å². The summed E-state index contributed by atoms with van der Waals surface area (Å²) in [6.07, 6.45) is 5.15. The highest BCUT2D eigenvalue weighted by Crippen LogP contribution is 2.26. The van der Waals surface area contributed by atoms with E-state index in [4.69, 9.17) is 9.26 Å². The molecule has 1 aromatic carbocycles. The van der Waals surface area contributed by atoms with E-state index in [1.54, 1.807) is 13.3 Å². The minimum atomic E-state index is -0.0896. The van der Waals surface area contributed by atoms with Gasteiger partial charge in [-0.25, -0.2) is 4.98 Å². The van der Waals surface area contributed by atoms with Gasteiger partial charge >= 0.3 is 0 Å². The topological polar surface area (TPSA) is 103 Å². The van der Waals surface area contributed by atoms with E-state index in [0.29, 0.717) is 29.6 Å². The number of aryl methyl sites for hydroxylation is 2. The van der Waals surface area contributed by atoms with E-state index in [-0.39, 0.29) is 5.91 Å². The zero-order valence-corrected chi connectivity index (χ0v) is 19.4. The lowest BCUT2D eigenvalue weighted by Crippen LogP contribution is -2.24. The number of carbonyl (C=O) groups is 1. The van der Waals surface area contributed by atoms with Crippen molar-refractivity contribution in [1.82, 2.24) is 25.4 Å². The van der Waals surface area contributed by atoms with E-state index < -0.39 is 0 Å². The van der Waals surface area contributed by atoms with Gasteiger partial charge in [0.05, 0.1) is 18.5 Å². The summed E-state index contributed by atoms with van der Waals surface area (Å²) in [5.74, 6) is 1.89. The first-order valence-electron chi connectivity index (χ1n) is 10.8. The van der Waals surface area contributed by atoms with Crippen LogP contribution in [0.1, 0.15) is 40.5 Å². The van der Waals surface area contributed by atoms with Crippen molar-refractivity contribution in [3.8, 4) is 27.8 Å². The third-order valence-corrected chi connectivity index (χ3v) is 6.23. The maximum atomic E-state index is 12.5. The standard InChI is InChI=1S/C24H25N5O3S/c1-16-21(33-24(27-16)19-8-5-7-14-25-19)23(30)26-15-6-3-4-9-20-28-22(29-32-20)17-10-12-18(31-2)13-11-17/h5,7-8,10-14H,3-4,6,9,15H2,1-2H3,(H,26,30). The smallest absolute Gasteiger partial charge is 0.263 e. The van der Waals surface area contributed by atoms with Crippen LogP contribution in [-0.2, 0) is 6.42 Å². The summed E-state index contributed by atoms with van der Waals surface area (Å²) >= 11 is 1.37. The molecule has 0 aliphatic carbocycles. The van der Waals surface area contributed by atoms with E-state index >= 15 is 0 Å². The van der Waals surface area contributed by atoms with Crippen LogP contribution in [0.4, 0.5) is 0 Å². The van der Waals surface area contributed by atoms with E-state index in [9.17, 15) is 4.79 Å². The Balaban J connectivity index is 1.19. The highest BCUT2D eigenvalue weighted by Gasteiger charge is 2.16. The van der Waals surface area contributed by atoms with Gasteiger partial charge < -0.3 is 14.6 Å². The average Bonchev–Trinajstić information content (AvgIpc) is 3.48. The number of ether oxygens (including phenoxy) is 1. The molecule has 0 fully saturated rings. The summed E-state index contributed by atoms with van der Waals surface area (Å²) in [6, 6.07) is 13.2. The quantitative estimate of drug-likeness (QED) is 0.340. The van der Waals surface area contributed by atoms with Crippen molar-refractivity contribution >= 4 is 17.2 Å². The molecule has 0 saturated carbocycles. The molecule has 170 valence electrons. The fourth-order valence-corrected chi connectivity index (χ4v) is 4.24. The maximum absolute atomic E-state index is 12.5. The fraction of sp³-hybridized carbons (Fsp3) is 0.292. The van der Waals surface area contributed by atoms with Crippen LogP contribution in [-0.4, -0.2) is 39.7 Å². The van der Waals surface area contributed by atoms with Crippen LogP contribution in [0.15, 0.2) is 53.2 Å². The number of amides is 1. The van der Waals surface area contributed by atoms with Gasteiger partial charge in [0.2, 0.25) is 11.7 Å². The molecule has 0 unspecified atom stereocenters. The van der Waals surface area contributed by atoms with Gasteiger partial charge in [0.15, 0.2) is 0 Å². The first-order chi connectivity index (χ1) is 16.1. The van der Waals surface area contributed by atoms with Crippen LogP contribution in [0, 0.1) is 6.92 Å². The van der Waals surface area contributed by atoms with Gasteiger partial charge in [-0.1, -0.05) is 17.6 Å². The maximum Gasteiger partial charge on any atom is 0.263 e. The molecule has 0 spiro atoms. The molecule has 0 aliphatic heterocycles. The first kappa shape index (κ1) is 22.6. The molecule has 4 rings (SSSR count). The van der Waals surface area contributed by atoms with Crippen LogP contribution < -0.4 is 10.1 Å². The Labute approximate surface area is 196 Å². The fourth-order valence-electron chi connectivity index (χ4n) is 3.28. The Kier molecular flexibility index (Phi) is 7.41. The lowest BCUT2D eigenvalue weighted by molar-refractivity contribution is 0.0956. The second kappa shape index (κ2) is 10.8. The number of nitrogens with zero attached hydrogens (tertiary/aromatic N) is 4. The highest BCUT2D eigenvalue weighted by atomic mass is 32.1. The van der Waals surface area contributed by atoms with Gasteiger partial charge in [-0.15, -0.1) is 11.3 Å². The number of thiazole rings is 1. The third kappa shape index (κ3) is 5.81. The Morgan fingerprint density at radius 1 is 1.09 bits per heavy atom. The van der Waals surface area contributed by atoms with Crippen LogP contribution in [0.5, 0.6) is 5.75 Å². The van der Waals surface area contributed by atoms with Gasteiger partial charge in [-0.3, -0.25) is 9.78 Å². The normalized spacial score (nSPS) is 10.8. The largest absolute Gasteiger partial charge is 0.497 e. The SMILES string of the molecule is COc1ccc(-c2noc(CCCCCNC(=O)c3sc(-c4ccccn4)nc3C)n2)cc1. The van der Waals surface area contributed by atoms with Crippen molar-refractivity contribution in [3.63, 3.8) is 0 Å². The van der Waals surface area contributed by atoms with Crippen molar-refractivity contribution in [2.45, 2.75) is 32.6 Å². The Morgan fingerprint density at radius 2 is 1.94 bits per heavy atom. The molecule has 0 radical (unpaired) electrons. The Morgan fingerprint density at radius 3 is 2.70 bits per heavy atom. The number of carbonyl (C=O) groups excluding carboxylic acids is 1. The summed E-state index contributed by atoms with van der Waals surface area (Å²) in [5.41, 5.74) is 2.39. The number of hydrogen-bond acceptors (Lipinski definition) is 8. The van der Waals surface area contributed by atoms with Crippen LogP contribution >= 0.6 is 11.3 Å². The lowest BCUT2D eigenvalue weighted by Gasteiger charge is -2.03. The van der Waals surface area contributed by atoms with Crippen LogP contribution in [0.3, 0.4) is 0 Å². The van der Waals surface area contributed by atoms with Gasteiger partial charge in [0.25, 0.3) is 5.91 Å². The van der Waals surface area contributed by atoms with E-state index in [0.717, 1.165) is 47.0 Å². The predicted octanol–water partition coefficient (Wildman–Crippen LogP) is 4.71. The molecule has 9 heteroatoms. The Bertz CT molecular complexity index is 1190. The summed E-state index contributed by atoms with van der Waals surface area (Å²) in [4.78, 5) is 26.4. The minimum Gasteiger partial charge on any atom is -0.497 e. The third-order valence-electron chi connectivity index (χ3n) is 5.06. The average molecular weight is 464 g/mol. The molecule has 1 amide bonds. The molecule has 8 nitrogen and oxygen atoms in total. The van der Waals surface area contributed by atoms with E-state index in [1.165, 1.54) is 11.3 Å². The molecule has 0 atom stereocenters. The molecule has 33 heavy (non-hydrogen) atoms. The number of aromatic nitrogens is 4. The molecular weight excluding hydrogens is 438 g/mol. The summed E-state index contributed by atoms with van der Waals surface area (Å²) in [7, 11) is 1.63. The molecule has 3 aromatic heterocycles. The molecule has 0 aliphatic rings. The molecule has 1 N–H and O–H groups in total. The second-order valence-electron chi connectivity index (χ2n) is 7.46. The zero-order chi connectivity index (χ0) is 23.0. The zero-order valence-electron chi connectivity index (χ0n) is 18.6. The number of nitrogens with one attached hydrogen (secondary N) is 1. The molecule has 4 aromatic rings. The number of benzene rings is 1. The van der Waals surface area contributed by atoms with Crippen molar-refractivity contribution in [3.05, 3.63) is 65.1 Å². The van der Waals surface area contributed by atoms with E-state index in [1.807, 2.05) is 49.4 Å². The molecule has 0 bridgehead atoms. The van der Waals surface area contributed by atoms with Crippen LogP contribution in [0.2, 0.25) is 0 Å². The van der Waals surface area contributed by atoms with Gasteiger partial charge in [0, 0.05) is 24.7 Å². The summed E-state index contributed by atoms with van der Waals surface area (Å²) < 4.78 is 10.5. The highest BCUT2D eigenvalue weighted by molar-refractivity contribution is 7.17. The first-order valence-corrected chi connectivity index (χ1v) is 11.6. The number of unbranched alkanes of at least 4 members (excludes halogenated alkanes) is 2. The lowest BCUT2D eigenvalue weighted by atomic mass is 10.2. The number of pyridine rings is 1. The van der Waals surface area contributed by atoms with Crippen molar-refractivity contribution in [2.24, 2.45) is 0 Å². The number of hydrogen-bond donors (Lipinski definition) is 1. The summed E-state index contributed by atoms with van der Waals surface area (Å²) in [6.45, 7) is 2.46. The summed E-state index contributed by atoms with van der Waals surface area (Å²) in [5, 5.41) is 7.80. The minimum absolute atomic E-state index is 0.0896.